The van der Waals surface area contributed by atoms with Gasteiger partial charge >= 0.3 is 5.76 Å². The Bertz CT molecular complexity index is 309. The predicted molar refractivity (Wildman–Crippen MR) is 47.4 cm³/mol. The van der Waals surface area contributed by atoms with Gasteiger partial charge in [0.1, 0.15) is 0 Å². The third-order valence-corrected chi connectivity index (χ3v) is 2.69. The fraction of sp³-hybridized carbons (Fsp3) is 0.778. The van der Waals surface area contributed by atoms with E-state index in [4.69, 9.17) is 0 Å². The van der Waals surface area contributed by atoms with Crippen molar-refractivity contribution in [3.8, 4) is 0 Å². The Kier molecular flexibility index (Phi) is 2.47. The molecule has 1 aliphatic carbocycles. The van der Waals surface area contributed by atoms with Crippen LogP contribution in [0.1, 0.15) is 37.9 Å². The van der Waals surface area contributed by atoms with Crippen LogP contribution in [0.15, 0.2) is 9.32 Å². The molecule has 4 heteroatoms. The Labute approximate surface area is 76.3 Å². The van der Waals surface area contributed by atoms with Gasteiger partial charge in [0.05, 0.1) is 0 Å². The minimum absolute atomic E-state index is 0.439. The summed E-state index contributed by atoms with van der Waals surface area (Å²) in [4.78, 5) is 13.2. The summed E-state index contributed by atoms with van der Waals surface area (Å²) >= 11 is 0. The molecule has 0 atom stereocenters. The van der Waals surface area contributed by atoms with E-state index in [9.17, 15) is 4.79 Å². The van der Waals surface area contributed by atoms with E-state index in [0.29, 0.717) is 11.7 Å². The topological polar surface area (TPSA) is 58.9 Å². The molecule has 1 aromatic heterocycles. The smallest absolute Gasteiger partial charge is 0.296 e. The highest BCUT2D eigenvalue weighted by atomic mass is 16.5. The quantitative estimate of drug-likeness (QED) is 0.753. The molecule has 1 fully saturated rings. The second-order valence-electron chi connectivity index (χ2n) is 3.75. The third-order valence-electron chi connectivity index (χ3n) is 2.69. The first-order valence-corrected chi connectivity index (χ1v) is 4.89. The van der Waals surface area contributed by atoms with Crippen LogP contribution in [-0.4, -0.2) is 10.1 Å². The molecule has 2 rings (SSSR count). The molecular formula is C9H14N2O2. The second-order valence-corrected chi connectivity index (χ2v) is 3.75. The van der Waals surface area contributed by atoms with Crippen molar-refractivity contribution in [2.24, 2.45) is 5.92 Å². The Hall–Kier alpha value is -1.06. The number of nitrogens with one attached hydrogen (secondary N) is 1. The fourth-order valence-electron chi connectivity index (χ4n) is 2.01. The summed E-state index contributed by atoms with van der Waals surface area (Å²) in [5.74, 6) is 0.956. The maximum atomic E-state index is 10.6. The number of aromatic amines is 1. The minimum atomic E-state index is -0.439. The molecule has 0 saturated heterocycles. The van der Waals surface area contributed by atoms with Crippen LogP contribution < -0.4 is 5.76 Å². The molecule has 72 valence electrons. The van der Waals surface area contributed by atoms with Crippen LogP contribution in [0, 0.1) is 5.92 Å². The molecule has 1 aliphatic rings. The standard InChI is InChI=1S/C9H14N2O2/c12-9-10-8(11-13-9)6-7-4-2-1-3-5-7/h7H,1-6H2,(H,10,11,12). The van der Waals surface area contributed by atoms with Crippen molar-refractivity contribution < 1.29 is 4.52 Å². The highest BCUT2D eigenvalue weighted by Crippen LogP contribution is 2.25. The molecule has 0 aliphatic heterocycles. The average molecular weight is 182 g/mol. The lowest BCUT2D eigenvalue weighted by atomic mass is 9.87. The van der Waals surface area contributed by atoms with Crippen molar-refractivity contribution in [3.05, 3.63) is 16.4 Å². The number of nitrogens with zero attached hydrogens (tertiary/aromatic N) is 1. The Morgan fingerprint density at radius 3 is 2.77 bits per heavy atom. The summed E-state index contributed by atoms with van der Waals surface area (Å²) in [5, 5.41) is 3.67. The van der Waals surface area contributed by atoms with Crippen molar-refractivity contribution in [1.82, 2.24) is 10.1 Å². The highest BCUT2D eigenvalue weighted by Gasteiger charge is 2.15. The number of aromatic nitrogens is 2. The number of hydrogen-bond acceptors (Lipinski definition) is 3. The highest BCUT2D eigenvalue weighted by molar-refractivity contribution is 4.83. The van der Waals surface area contributed by atoms with Gasteiger partial charge in [0.15, 0.2) is 5.82 Å². The number of H-pyrrole nitrogens is 1. The summed E-state index contributed by atoms with van der Waals surface area (Å²) in [5.41, 5.74) is 0. The van der Waals surface area contributed by atoms with Gasteiger partial charge in [-0.2, -0.15) is 0 Å². The third kappa shape index (κ3) is 2.20. The summed E-state index contributed by atoms with van der Waals surface area (Å²) in [6, 6.07) is 0. The zero-order chi connectivity index (χ0) is 9.10. The SMILES string of the molecule is O=c1[nH]c(CC2CCCCC2)no1. The minimum Gasteiger partial charge on any atom is -0.296 e. The van der Waals surface area contributed by atoms with E-state index >= 15 is 0 Å². The molecule has 1 N–H and O–H groups in total. The molecule has 1 aromatic rings. The molecule has 0 amide bonds. The average Bonchev–Trinajstić information content (AvgIpc) is 2.53. The van der Waals surface area contributed by atoms with E-state index in [1.807, 2.05) is 0 Å². The maximum Gasteiger partial charge on any atom is 0.438 e. The normalized spacial score (nSPS) is 19.1. The van der Waals surface area contributed by atoms with Gasteiger partial charge in [-0.1, -0.05) is 37.3 Å². The zero-order valence-corrected chi connectivity index (χ0v) is 7.58. The summed E-state index contributed by atoms with van der Waals surface area (Å²) in [6.07, 6.45) is 7.36. The molecule has 1 heterocycles. The molecule has 0 bridgehead atoms. The van der Waals surface area contributed by atoms with Crippen LogP contribution in [-0.2, 0) is 6.42 Å². The Morgan fingerprint density at radius 2 is 2.15 bits per heavy atom. The maximum absolute atomic E-state index is 10.6. The van der Waals surface area contributed by atoms with Crippen LogP contribution in [0.3, 0.4) is 0 Å². The monoisotopic (exact) mass is 182 g/mol. The number of hydrogen-bond donors (Lipinski definition) is 1. The van der Waals surface area contributed by atoms with E-state index in [1.165, 1.54) is 32.1 Å². The Morgan fingerprint density at radius 1 is 1.38 bits per heavy atom. The van der Waals surface area contributed by atoms with E-state index in [2.05, 4.69) is 14.7 Å². The van der Waals surface area contributed by atoms with Crippen molar-refractivity contribution in [2.75, 3.05) is 0 Å². The lowest BCUT2D eigenvalue weighted by Crippen LogP contribution is -2.10. The van der Waals surface area contributed by atoms with Crippen LogP contribution >= 0.6 is 0 Å². The first kappa shape index (κ1) is 8.53. The van der Waals surface area contributed by atoms with Gasteiger partial charge in [-0.15, -0.1) is 0 Å². The molecule has 0 unspecified atom stereocenters. The lowest BCUT2D eigenvalue weighted by Gasteiger charge is -2.19. The fourth-order valence-corrected chi connectivity index (χ4v) is 2.01. The Balaban J connectivity index is 1.93. The van der Waals surface area contributed by atoms with Gasteiger partial charge < -0.3 is 0 Å². The van der Waals surface area contributed by atoms with Crippen molar-refractivity contribution >= 4 is 0 Å². The van der Waals surface area contributed by atoms with Gasteiger partial charge in [0.2, 0.25) is 0 Å². The number of rotatable bonds is 2. The van der Waals surface area contributed by atoms with Gasteiger partial charge in [0, 0.05) is 6.42 Å². The van der Waals surface area contributed by atoms with Gasteiger partial charge in [-0.25, -0.2) is 4.79 Å². The van der Waals surface area contributed by atoms with Crippen LogP contribution in [0.25, 0.3) is 0 Å². The van der Waals surface area contributed by atoms with E-state index in [-0.39, 0.29) is 0 Å². The molecule has 0 spiro atoms. The molecular weight excluding hydrogens is 168 g/mol. The predicted octanol–water partition coefficient (Wildman–Crippen LogP) is 1.49. The molecule has 1 saturated carbocycles. The van der Waals surface area contributed by atoms with Crippen LogP contribution in [0.4, 0.5) is 0 Å². The van der Waals surface area contributed by atoms with Crippen LogP contribution in [0.2, 0.25) is 0 Å². The van der Waals surface area contributed by atoms with E-state index < -0.39 is 5.76 Å². The van der Waals surface area contributed by atoms with Crippen molar-refractivity contribution in [3.63, 3.8) is 0 Å². The first-order chi connectivity index (χ1) is 6.34. The summed E-state index contributed by atoms with van der Waals surface area (Å²) in [6.45, 7) is 0. The zero-order valence-electron chi connectivity index (χ0n) is 7.58. The molecule has 0 radical (unpaired) electrons. The van der Waals surface area contributed by atoms with Crippen molar-refractivity contribution in [1.29, 1.82) is 0 Å². The van der Waals surface area contributed by atoms with Gasteiger partial charge in [-0.05, 0) is 5.92 Å². The molecule has 0 aromatic carbocycles. The van der Waals surface area contributed by atoms with Crippen molar-refractivity contribution in [2.45, 2.75) is 38.5 Å². The summed E-state index contributed by atoms with van der Waals surface area (Å²) < 4.78 is 4.44. The first-order valence-electron chi connectivity index (χ1n) is 4.89. The largest absolute Gasteiger partial charge is 0.438 e. The van der Waals surface area contributed by atoms with Gasteiger partial charge in [-0.3, -0.25) is 9.51 Å². The summed E-state index contributed by atoms with van der Waals surface area (Å²) in [7, 11) is 0. The van der Waals surface area contributed by atoms with E-state index in [1.54, 1.807) is 0 Å². The van der Waals surface area contributed by atoms with E-state index in [0.717, 1.165) is 6.42 Å². The molecule has 4 nitrogen and oxygen atoms in total. The lowest BCUT2D eigenvalue weighted by molar-refractivity contribution is 0.339. The second kappa shape index (κ2) is 3.77. The van der Waals surface area contributed by atoms with Crippen LogP contribution in [0.5, 0.6) is 0 Å². The molecule has 13 heavy (non-hydrogen) atoms. The van der Waals surface area contributed by atoms with Gasteiger partial charge in [0.25, 0.3) is 0 Å².